The van der Waals surface area contributed by atoms with Crippen molar-refractivity contribution in [2.75, 3.05) is 20.1 Å². The van der Waals surface area contributed by atoms with Crippen LogP contribution in [0.3, 0.4) is 0 Å². The molecule has 0 aliphatic carbocycles. The Morgan fingerprint density at radius 3 is 2.90 bits per heavy atom. The number of likely N-dealkylation sites (tertiary alicyclic amines) is 1. The number of hydrogen-bond acceptors (Lipinski definition) is 3. The molecule has 0 saturated carbocycles. The van der Waals surface area contributed by atoms with Crippen LogP contribution >= 0.6 is 0 Å². The van der Waals surface area contributed by atoms with E-state index in [9.17, 15) is 0 Å². The van der Waals surface area contributed by atoms with E-state index in [4.69, 9.17) is 5.10 Å². The van der Waals surface area contributed by atoms with E-state index in [-0.39, 0.29) is 0 Å². The van der Waals surface area contributed by atoms with Gasteiger partial charge < -0.3 is 5.32 Å². The van der Waals surface area contributed by atoms with E-state index in [0.717, 1.165) is 18.9 Å². The molecule has 1 aromatic rings. The third kappa shape index (κ3) is 3.61. The molecule has 1 N–H and O–H groups in total. The van der Waals surface area contributed by atoms with Crippen LogP contribution in [0.4, 0.5) is 0 Å². The Kier molecular flexibility index (Phi) is 5.61. The van der Waals surface area contributed by atoms with Crippen molar-refractivity contribution in [3.8, 4) is 0 Å². The van der Waals surface area contributed by atoms with Crippen molar-refractivity contribution >= 4 is 0 Å². The Labute approximate surface area is 123 Å². The third-order valence-electron chi connectivity index (χ3n) is 4.80. The molecule has 3 atom stereocenters. The molecule has 20 heavy (non-hydrogen) atoms. The summed E-state index contributed by atoms with van der Waals surface area (Å²) in [6, 6.07) is 3.37. The molecule has 0 aromatic carbocycles. The Bertz CT molecular complexity index is 401. The van der Waals surface area contributed by atoms with Crippen molar-refractivity contribution < 1.29 is 0 Å². The summed E-state index contributed by atoms with van der Waals surface area (Å²) in [6.07, 6.45) is 5.76. The van der Waals surface area contributed by atoms with Crippen molar-refractivity contribution in [3.05, 3.63) is 18.0 Å². The van der Waals surface area contributed by atoms with Gasteiger partial charge in [0.25, 0.3) is 0 Å². The zero-order valence-electron chi connectivity index (χ0n) is 13.5. The predicted octanol–water partition coefficient (Wildman–Crippen LogP) is 2.67. The summed E-state index contributed by atoms with van der Waals surface area (Å²) in [5.41, 5.74) is 1.21. The highest BCUT2D eigenvalue weighted by Gasteiger charge is 2.27. The average molecular weight is 278 g/mol. The molecular weight excluding hydrogens is 248 g/mol. The van der Waals surface area contributed by atoms with Crippen molar-refractivity contribution in [1.82, 2.24) is 20.0 Å². The first-order chi connectivity index (χ1) is 9.67. The van der Waals surface area contributed by atoms with Gasteiger partial charge in [0.2, 0.25) is 0 Å². The SMILES string of the molecule is CCC1CN(Cc2ccn(C(C)CC)n2)CCC1NC. The number of nitrogens with zero attached hydrogens (tertiary/aromatic N) is 3. The maximum atomic E-state index is 4.72. The molecule has 1 aliphatic heterocycles. The molecule has 2 rings (SSSR count). The van der Waals surface area contributed by atoms with Gasteiger partial charge in [-0.15, -0.1) is 0 Å². The zero-order chi connectivity index (χ0) is 14.5. The van der Waals surface area contributed by atoms with Gasteiger partial charge in [-0.25, -0.2) is 0 Å². The standard InChI is InChI=1S/C16H30N4/c1-5-13(3)20-10-7-15(18-20)12-19-9-8-16(17-4)14(6-2)11-19/h7,10,13-14,16-17H,5-6,8-9,11-12H2,1-4H3. The van der Waals surface area contributed by atoms with Crippen molar-refractivity contribution in [2.45, 2.75) is 58.7 Å². The highest BCUT2D eigenvalue weighted by atomic mass is 15.3. The highest BCUT2D eigenvalue weighted by Crippen LogP contribution is 2.21. The third-order valence-corrected chi connectivity index (χ3v) is 4.80. The van der Waals surface area contributed by atoms with Gasteiger partial charge in [0.15, 0.2) is 0 Å². The minimum Gasteiger partial charge on any atom is -0.317 e. The van der Waals surface area contributed by atoms with Gasteiger partial charge in [-0.05, 0) is 38.8 Å². The number of piperidine rings is 1. The van der Waals surface area contributed by atoms with E-state index < -0.39 is 0 Å². The Hall–Kier alpha value is -0.870. The highest BCUT2D eigenvalue weighted by molar-refractivity contribution is 5.00. The van der Waals surface area contributed by atoms with Gasteiger partial charge in [0.05, 0.1) is 5.69 Å². The molecule has 0 spiro atoms. The lowest BCUT2D eigenvalue weighted by molar-refractivity contribution is 0.131. The lowest BCUT2D eigenvalue weighted by Gasteiger charge is -2.37. The smallest absolute Gasteiger partial charge is 0.0764 e. The summed E-state index contributed by atoms with van der Waals surface area (Å²) in [6.45, 7) is 10.1. The van der Waals surface area contributed by atoms with Crippen LogP contribution in [0.5, 0.6) is 0 Å². The van der Waals surface area contributed by atoms with Crippen LogP contribution in [0.25, 0.3) is 0 Å². The molecule has 0 amide bonds. The van der Waals surface area contributed by atoms with E-state index in [2.05, 4.69) is 55.0 Å². The maximum absolute atomic E-state index is 4.72. The number of nitrogens with one attached hydrogen (secondary N) is 1. The first-order valence-electron chi connectivity index (χ1n) is 8.11. The van der Waals surface area contributed by atoms with Crippen LogP contribution in [0.15, 0.2) is 12.3 Å². The fourth-order valence-corrected chi connectivity index (χ4v) is 3.17. The molecule has 1 aromatic heterocycles. The lowest BCUT2D eigenvalue weighted by Crippen LogP contribution is -2.47. The number of hydrogen-bond donors (Lipinski definition) is 1. The normalized spacial score (nSPS) is 25.8. The summed E-state index contributed by atoms with van der Waals surface area (Å²) in [5.74, 6) is 0.769. The van der Waals surface area contributed by atoms with E-state index in [1.807, 2.05) is 0 Å². The Morgan fingerprint density at radius 1 is 1.45 bits per heavy atom. The van der Waals surface area contributed by atoms with Crippen molar-refractivity contribution in [2.24, 2.45) is 5.92 Å². The quantitative estimate of drug-likeness (QED) is 0.868. The van der Waals surface area contributed by atoms with E-state index in [1.165, 1.54) is 31.6 Å². The number of rotatable bonds is 6. The summed E-state index contributed by atoms with van der Waals surface area (Å²) in [5, 5.41) is 8.19. The second kappa shape index (κ2) is 7.23. The fourth-order valence-electron chi connectivity index (χ4n) is 3.17. The van der Waals surface area contributed by atoms with Crippen LogP contribution in [0, 0.1) is 5.92 Å². The van der Waals surface area contributed by atoms with Crippen molar-refractivity contribution in [1.29, 1.82) is 0 Å². The van der Waals surface area contributed by atoms with Crippen LogP contribution < -0.4 is 5.32 Å². The van der Waals surface area contributed by atoms with Gasteiger partial charge >= 0.3 is 0 Å². The fraction of sp³-hybridized carbons (Fsp3) is 0.812. The minimum absolute atomic E-state index is 0.502. The molecule has 1 saturated heterocycles. The molecule has 2 heterocycles. The molecule has 1 fully saturated rings. The summed E-state index contributed by atoms with van der Waals surface area (Å²) in [7, 11) is 2.09. The van der Waals surface area contributed by atoms with Gasteiger partial charge in [0, 0.05) is 37.9 Å². The molecule has 4 nitrogen and oxygen atoms in total. The molecule has 3 unspecified atom stereocenters. The first-order valence-corrected chi connectivity index (χ1v) is 8.11. The van der Waals surface area contributed by atoms with E-state index in [0.29, 0.717) is 12.1 Å². The van der Waals surface area contributed by atoms with Crippen LogP contribution in [-0.2, 0) is 6.54 Å². The molecule has 0 radical (unpaired) electrons. The average Bonchev–Trinajstić information content (AvgIpc) is 2.94. The zero-order valence-corrected chi connectivity index (χ0v) is 13.5. The lowest BCUT2D eigenvalue weighted by atomic mass is 9.90. The molecule has 4 heteroatoms. The topological polar surface area (TPSA) is 33.1 Å². The number of aromatic nitrogens is 2. The summed E-state index contributed by atoms with van der Waals surface area (Å²) in [4.78, 5) is 2.56. The van der Waals surface area contributed by atoms with Crippen LogP contribution in [0.1, 0.15) is 51.8 Å². The molecule has 114 valence electrons. The van der Waals surface area contributed by atoms with Crippen molar-refractivity contribution in [3.63, 3.8) is 0 Å². The second-order valence-electron chi connectivity index (χ2n) is 6.13. The minimum atomic E-state index is 0.502. The van der Waals surface area contributed by atoms with Crippen LogP contribution in [0.2, 0.25) is 0 Å². The second-order valence-corrected chi connectivity index (χ2v) is 6.13. The predicted molar refractivity (Wildman–Crippen MR) is 83.8 cm³/mol. The molecule has 0 bridgehead atoms. The Balaban J connectivity index is 1.92. The van der Waals surface area contributed by atoms with Crippen LogP contribution in [-0.4, -0.2) is 40.9 Å². The van der Waals surface area contributed by atoms with Gasteiger partial charge in [-0.2, -0.15) is 5.10 Å². The maximum Gasteiger partial charge on any atom is 0.0764 e. The largest absolute Gasteiger partial charge is 0.317 e. The Morgan fingerprint density at radius 2 is 2.25 bits per heavy atom. The monoisotopic (exact) mass is 278 g/mol. The van der Waals surface area contributed by atoms with Gasteiger partial charge in [0.1, 0.15) is 0 Å². The van der Waals surface area contributed by atoms with Gasteiger partial charge in [-0.3, -0.25) is 9.58 Å². The summed E-state index contributed by atoms with van der Waals surface area (Å²) < 4.78 is 2.10. The molecule has 1 aliphatic rings. The summed E-state index contributed by atoms with van der Waals surface area (Å²) >= 11 is 0. The van der Waals surface area contributed by atoms with E-state index in [1.54, 1.807) is 0 Å². The van der Waals surface area contributed by atoms with Gasteiger partial charge in [-0.1, -0.05) is 20.3 Å². The molecular formula is C16H30N4. The van der Waals surface area contributed by atoms with E-state index >= 15 is 0 Å². The first kappa shape index (κ1) is 15.5.